The summed E-state index contributed by atoms with van der Waals surface area (Å²) in [6, 6.07) is -5.01. The summed E-state index contributed by atoms with van der Waals surface area (Å²) in [6.07, 6.45) is -35.1. The second-order valence-corrected chi connectivity index (χ2v) is 24.9. The predicted octanol–water partition coefficient (Wildman–Crippen LogP) is -6.50. The monoisotopic (exact) mass is 1390 g/mol. The Hall–Kier alpha value is -2.84. The van der Waals surface area contributed by atoms with Gasteiger partial charge in [-0.1, -0.05) is 106 Å². The van der Waals surface area contributed by atoms with E-state index in [1.54, 1.807) is 6.08 Å². The van der Waals surface area contributed by atoms with Crippen LogP contribution < -0.4 is 16.0 Å². The maximum absolute atomic E-state index is 13.7. The van der Waals surface area contributed by atoms with Crippen LogP contribution in [-0.2, 0) is 66.5 Å². The highest BCUT2D eigenvalue weighted by molar-refractivity contribution is 6.53. The minimum atomic E-state index is -3.39. The molecule has 0 aromatic heterocycles. The predicted molar refractivity (Wildman–Crippen MR) is 314 cm³/mol. The van der Waals surface area contributed by atoms with E-state index in [1.807, 2.05) is 0 Å². The number of carboxylic acid groups (broad SMARTS) is 1. The lowest BCUT2D eigenvalue weighted by atomic mass is 9.88. The molecule has 0 aliphatic carbocycles. The van der Waals surface area contributed by atoms with Crippen LogP contribution in [0.4, 0.5) is 0 Å². The summed E-state index contributed by atoms with van der Waals surface area (Å²) in [5.41, 5.74) is 0. The quantitative estimate of drug-likeness (QED) is 0.0156. The van der Waals surface area contributed by atoms with Crippen LogP contribution in [0, 0.1) is 0 Å². The zero-order valence-electron chi connectivity index (χ0n) is 51.8. The van der Waals surface area contributed by atoms with Gasteiger partial charge >= 0.3 is 5.97 Å². The Balaban J connectivity index is 1.46. The number of nitrogens with one attached hydrogen (secondary N) is 3. The number of carbonyl (C=O) groups excluding carboxylic acids is 3. The Morgan fingerprint density at radius 3 is 1.63 bits per heavy atom. The van der Waals surface area contributed by atoms with E-state index in [-0.39, 0.29) is 0 Å². The van der Waals surface area contributed by atoms with Gasteiger partial charge in [-0.3, -0.25) is 14.4 Å². The van der Waals surface area contributed by atoms with Gasteiger partial charge in [0.2, 0.25) is 11.8 Å². The van der Waals surface area contributed by atoms with Gasteiger partial charge in [-0.15, -0.1) is 0 Å². The number of aliphatic hydroxyl groups excluding tert-OH is 16. The number of alkyl halides is 2. The van der Waals surface area contributed by atoms with Gasteiger partial charge in [0.1, 0.15) is 116 Å². The summed E-state index contributed by atoms with van der Waals surface area (Å²) in [5.74, 6) is -8.32. The largest absolute Gasteiger partial charge is 0.477 e. The number of hydrogen-bond acceptors (Lipinski definition) is 30. The van der Waals surface area contributed by atoms with Crippen molar-refractivity contribution in [1.82, 2.24) is 16.0 Å². The second-order valence-electron chi connectivity index (χ2n) is 23.8. The van der Waals surface area contributed by atoms with E-state index < -0.39 is 246 Å². The van der Waals surface area contributed by atoms with Gasteiger partial charge in [-0.05, 0) is 12.8 Å². The fourth-order valence-electron chi connectivity index (χ4n) is 11.6. The molecule has 5 aliphatic heterocycles. The van der Waals surface area contributed by atoms with Gasteiger partial charge in [0.15, 0.2) is 30.0 Å². The van der Waals surface area contributed by atoms with Crippen LogP contribution in [0.3, 0.4) is 0 Å². The molecule has 0 bridgehead atoms. The summed E-state index contributed by atoms with van der Waals surface area (Å²) >= 11 is 11.6. The molecule has 0 saturated carbocycles. The number of rotatable bonds is 37. The van der Waals surface area contributed by atoms with Crippen LogP contribution in [0.25, 0.3) is 0 Å². The maximum atomic E-state index is 13.7. The molecule has 34 nitrogen and oxygen atoms in total. The van der Waals surface area contributed by atoms with E-state index >= 15 is 0 Å². The molecule has 28 atom stereocenters. The Kier molecular flexibility index (Phi) is 34.0. The summed E-state index contributed by atoms with van der Waals surface area (Å²) in [6.45, 7) is -2.18. The lowest BCUT2D eigenvalue weighted by Gasteiger charge is -2.52. The van der Waals surface area contributed by atoms with Crippen LogP contribution >= 0.6 is 23.2 Å². The van der Waals surface area contributed by atoms with Crippen LogP contribution in [0.5, 0.6) is 0 Å². The SMILES string of the molecule is CCCCCCCCCCCCC/C=C/[C@@H](O)[C@H](COC1O[C@H](CO)[C@@H](O[C@@H]2O[C@H](CO)[C@H](O[C@@H]3O[C@H](CO)[C@H](O)[C@H](O[C@@H]4O[C@H](CO)[C@H](O)[C@H](O)[C@H]4O)[C@H]3NC(C)=O)[C@H](O[C@@]3(C(=O)O)C[C@H](O)[C@@H](NC(C)=O)[C@H](C(O)C(O)CO)O3)[C@H]2O)[C@H](O)[C@H]1O)NC(=O)C(Cl)Cl. The number of amides is 3. The van der Waals surface area contributed by atoms with Crippen molar-refractivity contribution in [2.45, 2.75) is 280 Å². The number of hydrogen-bond donors (Lipinski definition) is 20. The molecule has 0 aromatic rings. The van der Waals surface area contributed by atoms with Crippen LogP contribution in [-0.4, -0.2) is 326 Å². The van der Waals surface area contributed by atoms with Crippen LogP contribution in [0.2, 0.25) is 0 Å². The number of aliphatic hydroxyl groups is 16. The van der Waals surface area contributed by atoms with Crippen molar-refractivity contribution >= 4 is 46.9 Å². The lowest BCUT2D eigenvalue weighted by molar-refractivity contribution is -0.403. The summed E-state index contributed by atoms with van der Waals surface area (Å²) in [5, 5.41) is 194. The smallest absolute Gasteiger partial charge is 0.364 e. The summed E-state index contributed by atoms with van der Waals surface area (Å²) in [7, 11) is 0. The molecule has 5 rings (SSSR count). The molecule has 3 unspecified atom stereocenters. The number of allylic oxidation sites excluding steroid dienone is 1. The van der Waals surface area contributed by atoms with Crippen molar-refractivity contribution in [3.05, 3.63) is 12.2 Å². The van der Waals surface area contributed by atoms with Crippen molar-refractivity contribution < 1.29 is 153 Å². The molecule has 5 saturated heterocycles. The molecule has 20 N–H and O–H groups in total. The fraction of sp³-hybridized carbons (Fsp3) is 0.895. The Labute approximate surface area is 546 Å². The third-order valence-corrected chi connectivity index (χ3v) is 17.2. The van der Waals surface area contributed by atoms with Gasteiger partial charge < -0.3 is 150 Å². The van der Waals surface area contributed by atoms with Crippen molar-refractivity contribution in [3.8, 4) is 0 Å². The highest BCUT2D eigenvalue weighted by Gasteiger charge is 2.62. The molecule has 0 radical (unpaired) electrons. The van der Waals surface area contributed by atoms with Crippen molar-refractivity contribution in [2.75, 3.05) is 39.6 Å². The molecule has 540 valence electrons. The van der Waals surface area contributed by atoms with E-state index in [0.717, 1.165) is 46.0 Å². The first-order valence-corrected chi connectivity index (χ1v) is 32.1. The van der Waals surface area contributed by atoms with E-state index in [2.05, 4.69) is 22.9 Å². The molecule has 5 aliphatic rings. The fourth-order valence-corrected chi connectivity index (χ4v) is 11.7. The van der Waals surface area contributed by atoms with E-state index in [1.165, 1.54) is 44.6 Å². The maximum Gasteiger partial charge on any atom is 0.364 e. The normalized spacial score (nSPS) is 38.1. The van der Waals surface area contributed by atoms with Gasteiger partial charge in [-0.2, -0.15) is 0 Å². The molecular formula is C57H97Cl2N3O31. The zero-order valence-corrected chi connectivity index (χ0v) is 53.3. The zero-order chi connectivity index (χ0) is 69.0. The first-order chi connectivity index (χ1) is 44.1. The van der Waals surface area contributed by atoms with Crippen molar-refractivity contribution in [3.63, 3.8) is 0 Å². The van der Waals surface area contributed by atoms with Crippen LogP contribution in [0.15, 0.2) is 12.2 Å². The van der Waals surface area contributed by atoms with Crippen molar-refractivity contribution in [2.24, 2.45) is 0 Å². The van der Waals surface area contributed by atoms with Gasteiger partial charge in [0.25, 0.3) is 11.7 Å². The van der Waals surface area contributed by atoms with Crippen LogP contribution in [0.1, 0.15) is 104 Å². The number of unbranched alkanes of at least 4 members (excludes halogenated alkanes) is 11. The average Bonchev–Trinajstić information content (AvgIpc) is 1.40. The topological polar surface area (TPSA) is 541 Å². The van der Waals surface area contributed by atoms with Gasteiger partial charge in [0.05, 0.1) is 63.9 Å². The molecule has 93 heavy (non-hydrogen) atoms. The molecule has 0 aromatic carbocycles. The summed E-state index contributed by atoms with van der Waals surface area (Å²) in [4.78, 5) is 50.2. The third-order valence-electron chi connectivity index (χ3n) is 16.8. The highest BCUT2D eigenvalue weighted by Crippen LogP contribution is 2.41. The highest BCUT2D eigenvalue weighted by atomic mass is 35.5. The Morgan fingerprint density at radius 2 is 1.08 bits per heavy atom. The standard InChI is InChI=1S/C57H97Cl2N3O31/c1-4-5-6-7-8-9-10-11-12-13-14-15-16-17-28(70)27(62-51(81)50(58)59)24-84-53-43(79)41(77)45(33(22-66)87-53)89-55-44(80)49(93-57(56(82)83)18-29(71)35(60-25(2)68)48(92-57)37(73)30(72)19-63)46(34(23-67)88-55)90-52-36(61-26(3)69)47(39(75)32(21-65)85-52)91-54-42(78)40(76)38(74)31(20-64)86-54/h16-17,27-50,52-55,63-67,70-80H,4-15,18-24H2,1-3H3,(H,60,68)(H,61,69)(H,62,81)(H,82,83)/b17-16+/t27-,28+,29-,30?,31+,32+,33+,34+,35+,36+,37?,38-,39-,40-,41+,42+,43+,44+,45+,46-,47+,48+,49+,52-,53?,54-,55-,57+/m0/s1. The number of halogens is 2. The van der Waals surface area contributed by atoms with Gasteiger partial charge in [0, 0.05) is 20.3 Å². The first kappa shape index (κ1) is 80.8. The minimum Gasteiger partial charge on any atom is -0.477 e. The van der Waals surface area contributed by atoms with E-state index in [4.69, 9.17) is 70.6 Å². The minimum absolute atomic E-state index is 0.578. The molecule has 36 heteroatoms. The van der Waals surface area contributed by atoms with E-state index in [0.29, 0.717) is 6.42 Å². The Morgan fingerprint density at radius 1 is 0.581 bits per heavy atom. The third kappa shape index (κ3) is 21.8. The molecular weight excluding hydrogens is 1290 g/mol. The summed E-state index contributed by atoms with van der Waals surface area (Å²) < 4.78 is 59.2. The Bertz CT molecular complexity index is 2280. The number of aliphatic carboxylic acids is 1. The molecule has 3 amide bonds. The number of ether oxygens (including phenoxy) is 10. The molecule has 5 fully saturated rings. The average molecular weight is 1390 g/mol. The first-order valence-electron chi connectivity index (χ1n) is 31.2. The molecule has 5 heterocycles. The van der Waals surface area contributed by atoms with Gasteiger partial charge in [-0.25, -0.2) is 4.79 Å². The van der Waals surface area contributed by atoms with Crippen molar-refractivity contribution in [1.29, 1.82) is 0 Å². The van der Waals surface area contributed by atoms with E-state index in [9.17, 15) is 106 Å². The number of carbonyl (C=O) groups is 4. The molecule has 0 spiro atoms. The number of carboxylic acids is 1. The second kappa shape index (κ2) is 39.1. The lowest BCUT2D eigenvalue weighted by Crippen LogP contribution is -2.72.